The predicted octanol–water partition coefficient (Wildman–Crippen LogP) is 4.12. The molecule has 1 N–H and O–H groups in total. The Morgan fingerprint density at radius 3 is 2.45 bits per heavy atom. The minimum atomic E-state index is -1.10. The Bertz CT molecular complexity index is 636. The molecule has 0 spiro atoms. The molecule has 1 fully saturated rings. The van der Waals surface area contributed by atoms with Gasteiger partial charge >= 0.3 is 0 Å². The first-order valence-electron chi connectivity index (χ1n) is 7.41. The van der Waals surface area contributed by atoms with E-state index in [2.05, 4.69) is 11.9 Å². The summed E-state index contributed by atoms with van der Waals surface area (Å²) in [5.74, 6) is -0.192. The van der Waals surface area contributed by atoms with Crippen LogP contribution in [0.1, 0.15) is 23.3 Å². The molecule has 0 radical (unpaired) electrons. The lowest BCUT2D eigenvalue weighted by molar-refractivity contribution is -0.00798. The van der Waals surface area contributed by atoms with E-state index in [0.717, 1.165) is 36.4 Å². The Balaban J connectivity index is 2.03. The number of likely N-dealkylation sites (tertiary alicyclic amines) is 1. The van der Waals surface area contributed by atoms with Crippen LogP contribution in [0.3, 0.4) is 0 Å². The quantitative estimate of drug-likeness (QED) is 0.909. The van der Waals surface area contributed by atoms with Crippen molar-refractivity contribution < 1.29 is 9.50 Å². The van der Waals surface area contributed by atoms with Crippen molar-refractivity contribution in [1.82, 2.24) is 4.90 Å². The van der Waals surface area contributed by atoms with Crippen LogP contribution in [0, 0.1) is 11.7 Å². The number of hydrogen-bond acceptors (Lipinski definition) is 3. The van der Waals surface area contributed by atoms with Gasteiger partial charge in [0, 0.05) is 10.3 Å². The zero-order chi connectivity index (χ0) is 15.7. The summed E-state index contributed by atoms with van der Waals surface area (Å²) >= 11 is 7.53. The molecule has 5 heteroatoms. The van der Waals surface area contributed by atoms with Crippen LogP contribution >= 0.6 is 22.9 Å². The first-order chi connectivity index (χ1) is 10.5. The van der Waals surface area contributed by atoms with E-state index in [1.807, 2.05) is 11.4 Å². The third-order valence-electron chi connectivity index (χ3n) is 4.54. The third kappa shape index (κ3) is 2.93. The maximum absolute atomic E-state index is 13.3. The fraction of sp³-hybridized carbons (Fsp3) is 0.412. The van der Waals surface area contributed by atoms with Gasteiger partial charge in [0.15, 0.2) is 0 Å². The molecule has 0 bridgehead atoms. The number of piperidine rings is 1. The SMILES string of the molecule is CN1CCC(C(O)(c2ccc(F)cc2)c2cc(Cl)cs2)CC1. The van der Waals surface area contributed by atoms with Crippen LogP contribution < -0.4 is 0 Å². The van der Waals surface area contributed by atoms with Gasteiger partial charge in [-0.25, -0.2) is 4.39 Å². The van der Waals surface area contributed by atoms with Crippen molar-refractivity contribution >= 4 is 22.9 Å². The summed E-state index contributed by atoms with van der Waals surface area (Å²) in [4.78, 5) is 3.10. The molecular weight excluding hydrogens is 321 g/mol. The van der Waals surface area contributed by atoms with E-state index in [4.69, 9.17) is 11.6 Å². The first-order valence-corrected chi connectivity index (χ1v) is 8.67. The normalized spacial score (nSPS) is 20.0. The van der Waals surface area contributed by atoms with Crippen LogP contribution in [-0.2, 0) is 5.60 Å². The molecule has 2 nitrogen and oxygen atoms in total. The third-order valence-corrected chi connectivity index (χ3v) is 5.94. The molecule has 2 aromatic rings. The maximum atomic E-state index is 13.3. The fourth-order valence-corrected chi connectivity index (χ4v) is 4.50. The van der Waals surface area contributed by atoms with Gasteiger partial charge in [-0.05, 0) is 62.7 Å². The summed E-state index contributed by atoms with van der Waals surface area (Å²) in [7, 11) is 2.09. The Hall–Kier alpha value is -0.940. The van der Waals surface area contributed by atoms with Crippen LogP contribution in [0.2, 0.25) is 5.02 Å². The van der Waals surface area contributed by atoms with Crippen molar-refractivity contribution in [2.24, 2.45) is 5.92 Å². The molecule has 1 aromatic heterocycles. The number of thiophene rings is 1. The second-order valence-corrected chi connectivity index (χ2v) is 7.33. The van der Waals surface area contributed by atoms with E-state index in [1.165, 1.54) is 23.5 Å². The Morgan fingerprint density at radius 1 is 1.27 bits per heavy atom. The molecule has 0 saturated carbocycles. The zero-order valence-electron chi connectivity index (χ0n) is 12.4. The van der Waals surface area contributed by atoms with Gasteiger partial charge in [-0.2, -0.15) is 0 Å². The van der Waals surface area contributed by atoms with Crippen molar-refractivity contribution in [2.45, 2.75) is 18.4 Å². The summed E-state index contributed by atoms with van der Waals surface area (Å²) in [6.45, 7) is 1.90. The van der Waals surface area contributed by atoms with Gasteiger partial charge < -0.3 is 10.0 Å². The van der Waals surface area contributed by atoms with E-state index in [-0.39, 0.29) is 11.7 Å². The van der Waals surface area contributed by atoms with Gasteiger partial charge in [0.25, 0.3) is 0 Å². The highest BCUT2D eigenvalue weighted by atomic mass is 35.5. The van der Waals surface area contributed by atoms with Crippen molar-refractivity contribution in [3.05, 3.63) is 57.0 Å². The number of hydrogen-bond donors (Lipinski definition) is 1. The lowest BCUT2D eigenvalue weighted by Gasteiger charge is -2.40. The number of rotatable bonds is 3. The molecule has 1 aromatic carbocycles. The summed E-state index contributed by atoms with van der Waals surface area (Å²) < 4.78 is 13.3. The van der Waals surface area contributed by atoms with Crippen molar-refractivity contribution in [3.63, 3.8) is 0 Å². The summed E-state index contributed by atoms with van der Waals surface area (Å²) in [6.07, 6.45) is 1.81. The molecule has 1 saturated heterocycles. The number of nitrogens with zero attached hydrogens (tertiary/aromatic N) is 1. The molecule has 1 unspecified atom stereocenters. The van der Waals surface area contributed by atoms with E-state index < -0.39 is 5.60 Å². The lowest BCUT2D eigenvalue weighted by Crippen LogP contribution is -2.42. The molecule has 1 aliphatic heterocycles. The molecular formula is C17H19ClFNOS. The van der Waals surface area contributed by atoms with Crippen LogP contribution in [0.25, 0.3) is 0 Å². The van der Waals surface area contributed by atoms with Gasteiger partial charge in [-0.15, -0.1) is 11.3 Å². The van der Waals surface area contributed by atoms with Crippen LogP contribution in [-0.4, -0.2) is 30.1 Å². The lowest BCUT2D eigenvalue weighted by atomic mass is 9.75. The molecule has 118 valence electrons. The largest absolute Gasteiger partial charge is 0.379 e. The monoisotopic (exact) mass is 339 g/mol. The summed E-state index contributed by atoms with van der Waals surface area (Å²) in [5, 5.41) is 14.0. The van der Waals surface area contributed by atoms with Gasteiger partial charge in [0.05, 0.1) is 5.02 Å². The van der Waals surface area contributed by atoms with Gasteiger partial charge in [0.2, 0.25) is 0 Å². The summed E-state index contributed by atoms with van der Waals surface area (Å²) in [6, 6.07) is 8.01. The van der Waals surface area contributed by atoms with E-state index in [0.29, 0.717) is 5.02 Å². The predicted molar refractivity (Wildman–Crippen MR) is 88.9 cm³/mol. The van der Waals surface area contributed by atoms with Gasteiger partial charge in [-0.3, -0.25) is 0 Å². The highest BCUT2D eigenvalue weighted by Gasteiger charge is 2.42. The standard InChI is InChI=1S/C17H19ClFNOS/c1-20-8-6-13(7-9-20)17(21,16-10-14(18)11-22-16)12-2-4-15(19)5-3-12/h2-5,10-11,13,21H,6-9H2,1H3. The number of halogens is 2. The van der Waals surface area contributed by atoms with Crippen molar-refractivity contribution in [2.75, 3.05) is 20.1 Å². The molecule has 3 rings (SSSR count). The van der Waals surface area contributed by atoms with Crippen LogP contribution in [0.15, 0.2) is 35.7 Å². The van der Waals surface area contributed by atoms with Crippen molar-refractivity contribution in [1.29, 1.82) is 0 Å². The average Bonchev–Trinajstić information content (AvgIpc) is 2.95. The molecule has 22 heavy (non-hydrogen) atoms. The fourth-order valence-electron chi connectivity index (χ4n) is 3.22. The topological polar surface area (TPSA) is 23.5 Å². The number of aliphatic hydroxyl groups is 1. The second kappa shape index (κ2) is 6.28. The van der Waals surface area contributed by atoms with Crippen LogP contribution in [0.5, 0.6) is 0 Å². The maximum Gasteiger partial charge on any atom is 0.127 e. The highest BCUT2D eigenvalue weighted by Crippen LogP contribution is 2.44. The average molecular weight is 340 g/mol. The van der Waals surface area contributed by atoms with Gasteiger partial charge in [-0.1, -0.05) is 23.7 Å². The first kappa shape index (κ1) is 15.9. The Kier molecular flexibility index (Phi) is 4.55. The highest BCUT2D eigenvalue weighted by molar-refractivity contribution is 7.10. The minimum Gasteiger partial charge on any atom is -0.379 e. The van der Waals surface area contributed by atoms with E-state index in [1.54, 1.807) is 12.1 Å². The molecule has 1 aliphatic rings. The Morgan fingerprint density at radius 2 is 1.91 bits per heavy atom. The van der Waals surface area contributed by atoms with E-state index in [9.17, 15) is 9.50 Å². The molecule has 0 amide bonds. The zero-order valence-corrected chi connectivity index (χ0v) is 14.0. The van der Waals surface area contributed by atoms with E-state index >= 15 is 0 Å². The van der Waals surface area contributed by atoms with Crippen LogP contribution in [0.4, 0.5) is 4.39 Å². The second-order valence-electron chi connectivity index (χ2n) is 5.98. The number of benzene rings is 1. The molecule has 1 atom stereocenters. The minimum absolute atomic E-state index is 0.101. The Labute approximate surface area is 139 Å². The van der Waals surface area contributed by atoms with Crippen molar-refractivity contribution in [3.8, 4) is 0 Å². The van der Waals surface area contributed by atoms with Gasteiger partial charge in [0.1, 0.15) is 11.4 Å². The molecule has 0 aliphatic carbocycles. The smallest absolute Gasteiger partial charge is 0.127 e. The molecule has 2 heterocycles. The summed E-state index contributed by atoms with van der Waals surface area (Å²) in [5.41, 5.74) is -0.366.